The highest BCUT2D eigenvalue weighted by molar-refractivity contribution is 7.15. The molecule has 0 amide bonds. The van der Waals surface area contributed by atoms with Crippen molar-refractivity contribution in [3.63, 3.8) is 0 Å². The van der Waals surface area contributed by atoms with Gasteiger partial charge in [0, 0.05) is 30.7 Å². The van der Waals surface area contributed by atoms with Gasteiger partial charge in [0.15, 0.2) is 5.13 Å². The van der Waals surface area contributed by atoms with Crippen molar-refractivity contribution in [1.29, 1.82) is 0 Å². The van der Waals surface area contributed by atoms with Crippen LogP contribution in [0.2, 0.25) is 0 Å². The Morgan fingerprint density at radius 1 is 1.33 bits per heavy atom. The Morgan fingerprint density at radius 3 is 2.56 bits per heavy atom. The quantitative estimate of drug-likeness (QED) is 0.887. The average molecular weight is 267 g/mol. The Bertz CT molecular complexity index is 361. The molecule has 1 saturated heterocycles. The van der Waals surface area contributed by atoms with Crippen LogP contribution in [-0.2, 0) is 6.54 Å². The Labute approximate surface area is 115 Å². The van der Waals surface area contributed by atoms with Gasteiger partial charge in [-0.25, -0.2) is 4.98 Å². The van der Waals surface area contributed by atoms with Crippen molar-refractivity contribution in [2.75, 3.05) is 25.0 Å². The lowest BCUT2D eigenvalue weighted by Gasteiger charge is -2.40. The summed E-state index contributed by atoms with van der Waals surface area (Å²) < 4.78 is 0. The first kappa shape index (κ1) is 13.8. The largest absolute Gasteiger partial charge is 0.348 e. The van der Waals surface area contributed by atoms with E-state index in [-0.39, 0.29) is 0 Å². The Kier molecular flexibility index (Phi) is 4.62. The van der Waals surface area contributed by atoms with E-state index in [9.17, 15) is 0 Å². The van der Waals surface area contributed by atoms with Crippen molar-refractivity contribution in [3.8, 4) is 0 Å². The van der Waals surface area contributed by atoms with Crippen molar-refractivity contribution >= 4 is 16.5 Å². The maximum atomic E-state index is 4.56. The lowest BCUT2D eigenvalue weighted by molar-refractivity contribution is 0.199. The zero-order valence-corrected chi connectivity index (χ0v) is 12.6. The van der Waals surface area contributed by atoms with E-state index in [2.05, 4.69) is 29.0 Å². The second kappa shape index (κ2) is 6.02. The number of thiazole rings is 1. The van der Waals surface area contributed by atoms with Crippen LogP contribution in [0, 0.1) is 5.41 Å². The molecule has 1 aliphatic rings. The highest BCUT2D eigenvalue weighted by atomic mass is 32.1. The molecular formula is C14H25N3S. The maximum absolute atomic E-state index is 4.56. The first-order valence-corrected chi connectivity index (χ1v) is 7.89. The number of hydrogen-bond donors (Lipinski definition) is 1. The van der Waals surface area contributed by atoms with Crippen molar-refractivity contribution in [3.05, 3.63) is 11.1 Å². The molecule has 1 fully saturated rings. The van der Waals surface area contributed by atoms with Gasteiger partial charge in [-0.2, -0.15) is 0 Å². The van der Waals surface area contributed by atoms with Crippen LogP contribution in [-0.4, -0.2) is 25.1 Å². The zero-order valence-electron chi connectivity index (χ0n) is 11.8. The summed E-state index contributed by atoms with van der Waals surface area (Å²) in [5.74, 6) is 0. The third-order valence-electron chi connectivity index (χ3n) is 4.49. The summed E-state index contributed by atoms with van der Waals surface area (Å²) in [4.78, 5) is 8.36. The minimum atomic E-state index is 0.599. The molecule has 0 bridgehead atoms. The molecule has 1 N–H and O–H groups in total. The number of hydrogen-bond acceptors (Lipinski definition) is 4. The van der Waals surface area contributed by atoms with Crippen molar-refractivity contribution < 1.29 is 0 Å². The molecule has 102 valence electrons. The van der Waals surface area contributed by atoms with Crippen molar-refractivity contribution in [2.24, 2.45) is 5.41 Å². The highest BCUT2D eigenvalue weighted by Gasteiger charge is 2.31. The molecule has 0 spiro atoms. The lowest BCUT2D eigenvalue weighted by Crippen LogP contribution is -2.39. The molecule has 0 aliphatic carbocycles. The number of nitrogens with one attached hydrogen (secondary N) is 1. The van der Waals surface area contributed by atoms with Gasteiger partial charge in [-0.3, -0.25) is 0 Å². The fourth-order valence-corrected chi connectivity index (χ4v) is 3.80. The van der Waals surface area contributed by atoms with E-state index in [0.29, 0.717) is 5.41 Å². The van der Waals surface area contributed by atoms with Gasteiger partial charge in [0.1, 0.15) is 0 Å². The van der Waals surface area contributed by atoms with Gasteiger partial charge in [-0.15, -0.1) is 11.3 Å². The van der Waals surface area contributed by atoms with Crippen LogP contribution in [0.15, 0.2) is 6.20 Å². The fourth-order valence-electron chi connectivity index (χ4n) is 2.83. The Hall–Kier alpha value is -0.610. The topological polar surface area (TPSA) is 28.2 Å². The second-order valence-corrected chi connectivity index (χ2v) is 6.43. The molecule has 2 rings (SSSR count). The summed E-state index contributed by atoms with van der Waals surface area (Å²) in [6.07, 6.45) is 7.29. The van der Waals surface area contributed by atoms with Crippen LogP contribution in [0.1, 0.15) is 44.4 Å². The molecule has 1 aromatic rings. The molecule has 0 saturated carbocycles. The van der Waals surface area contributed by atoms with Crippen LogP contribution in [0.4, 0.5) is 5.13 Å². The van der Waals surface area contributed by atoms with Crippen LogP contribution in [0.25, 0.3) is 0 Å². The van der Waals surface area contributed by atoms with Gasteiger partial charge in [0.2, 0.25) is 0 Å². The number of anilines is 1. The van der Waals surface area contributed by atoms with E-state index in [1.807, 2.05) is 24.6 Å². The molecule has 3 nitrogen and oxygen atoms in total. The van der Waals surface area contributed by atoms with E-state index in [1.54, 1.807) is 0 Å². The maximum Gasteiger partial charge on any atom is 0.185 e. The predicted molar refractivity (Wildman–Crippen MR) is 79.3 cm³/mol. The van der Waals surface area contributed by atoms with Crippen LogP contribution >= 0.6 is 11.3 Å². The first-order valence-electron chi connectivity index (χ1n) is 7.07. The standard InChI is InChI=1S/C14H25N3S/c1-4-14(5-2)6-8-17(9-7-14)13-16-11-12(18-13)10-15-3/h11,15H,4-10H2,1-3H3. The molecule has 1 aliphatic heterocycles. The third-order valence-corrected chi connectivity index (χ3v) is 5.55. The normalized spacial score (nSPS) is 19.2. The van der Waals surface area contributed by atoms with Gasteiger partial charge >= 0.3 is 0 Å². The smallest absolute Gasteiger partial charge is 0.185 e. The number of rotatable bonds is 5. The number of nitrogens with zero attached hydrogens (tertiary/aromatic N) is 2. The molecule has 0 unspecified atom stereocenters. The van der Waals surface area contributed by atoms with Gasteiger partial charge in [0.25, 0.3) is 0 Å². The summed E-state index contributed by atoms with van der Waals surface area (Å²) in [5, 5.41) is 4.39. The number of piperidine rings is 1. The molecule has 0 atom stereocenters. The van der Waals surface area contributed by atoms with E-state index in [4.69, 9.17) is 0 Å². The summed E-state index contributed by atoms with van der Waals surface area (Å²) >= 11 is 1.83. The third kappa shape index (κ3) is 2.86. The molecule has 4 heteroatoms. The fraction of sp³-hybridized carbons (Fsp3) is 0.786. The van der Waals surface area contributed by atoms with E-state index in [1.165, 1.54) is 48.8 Å². The Balaban J connectivity index is 1.96. The minimum Gasteiger partial charge on any atom is -0.348 e. The molecular weight excluding hydrogens is 242 g/mol. The monoisotopic (exact) mass is 267 g/mol. The average Bonchev–Trinajstić information content (AvgIpc) is 2.88. The van der Waals surface area contributed by atoms with E-state index < -0.39 is 0 Å². The molecule has 1 aromatic heterocycles. The van der Waals surface area contributed by atoms with E-state index in [0.717, 1.165) is 6.54 Å². The molecule has 0 radical (unpaired) electrons. The van der Waals surface area contributed by atoms with Crippen molar-refractivity contribution in [2.45, 2.75) is 46.1 Å². The predicted octanol–water partition coefficient (Wildman–Crippen LogP) is 3.27. The Morgan fingerprint density at radius 2 is 2.00 bits per heavy atom. The lowest BCUT2D eigenvalue weighted by atomic mass is 9.74. The summed E-state index contributed by atoms with van der Waals surface area (Å²) in [6, 6.07) is 0. The van der Waals surface area contributed by atoms with E-state index >= 15 is 0 Å². The highest BCUT2D eigenvalue weighted by Crippen LogP contribution is 2.39. The molecule has 0 aromatic carbocycles. The summed E-state index contributed by atoms with van der Waals surface area (Å²) in [6.45, 7) is 7.96. The minimum absolute atomic E-state index is 0.599. The number of aromatic nitrogens is 1. The van der Waals surface area contributed by atoms with Gasteiger partial charge < -0.3 is 10.2 Å². The summed E-state index contributed by atoms with van der Waals surface area (Å²) in [7, 11) is 1.98. The van der Waals surface area contributed by atoms with Crippen LogP contribution in [0.5, 0.6) is 0 Å². The van der Waals surface area contributed by atoms with Gasteiger partial charge in [-0.05, 0) is 25.3 Å². The summed E-state index contributed by atoms with van der Waals surface area (Å²) in [5.41, 5.74) is 0.599. The van der Waals surface area contributed by atoms with Crippen molar-refractivity contribution in [1.82, 2.24) is 10.3 Å². The second-order valence-electron chi connectivity index (χ2n) is 5.33. The zero-order chi connectivity index (χ0) is 13.0. The molecule has 2 heterocycles. The SMILES string of the molecule is CCC1(CC)CCN(c2ncc(CNC)s2)CC1. The van der Waals surface area contributed by atoms with Gasteiger partial charge in [-0.1, -0.05) is 26.7 Å². The van der Waals surface area contributed by atoms with Crippen LogP contribution < -0.4 is 10.2 Å². The van der Waals surface area contributed by atoms with Gasteiger partial charge in [0.05, 0.1) is 0 Å². The first-order chi connectivity index (χ1) is 8.73. The van der Waals surface area contributed by atoms with Crippen LogP contribution in [0.3, 0.4) is 0 Å². The molecule has 18 heavy (non-hydrogen) atoms.